The molecule has 0 aliphatic carbocycles. The first-order valence-electron chi connectivity index (χ1n) is 12.0. The van der Waals surface area contributed by atoms with Crippen LogP contribution in [0.3, 0.4) is 0 Å². The van der Waals surface area contributed by atoms with Crippen LogP contribution >= 0.6 is 22.9 Å². The second-order valence-corrected chi connectivity index (χ2v) is 12.6. The Hall–Kier alpha value is -2.51. The van der Waals surface area contributed by atoms with E-state index in [1.54, 1.807) is 41.0 Å². The molecule has 13 heteroatoms. The molecule has 10 nitrogen and oxygen atoms in total. The molecule has 3 amide bonds. The second-order valence-electron chi connectivity index (χ2n) is 9.17. The summed E-state index contributed by atoms with van der Waals surface area (Å²) in [5, 5.41) is 2.67. The van der Waals surface area contributed by atoms with Crippen molar-refractivity contribution in [3.8, 4) is 0 Å². The molecular formula is C24H30ClN5O5S2. The predicted octanol–water partition coefficient (Wildman–Crippen LogP) is 1.69. The first kappa shape index (κ1) is 27.5. The van der Waals surface area contributed by atoms with Crippen LogP contribution in [0.1, 0.15) is 28.1 Å². The van der Waals surface area contributed by atoms with E-state index in [0.29, 0.717) is 66.0 Å². The molecule has 3 heterocycles. The molecule has 200 valence electrons. The van der Waals surface area contributed by atoms with Crippen LogP contribution in [0.15, 0.2) is 35.2 Å². The fraction of sp³-hybridized carbons (Fsp3) is 0.458. The number of amides is 3. The molecule has 2 aromatic rings. The van der Waals surface area contributed by atoms with Crippen LogP contribution in [0.2, 0.25) is 4.34 Å². The number of hydrogen-bond acceptors (Lipinski definition) is 7. The fourth-order valence-corrected chi connectivity index (χ4v) is 6.90. The zero-order valence-corrected chi connectivity index (χ0v) is 23.1. The molecular weight excluding hydrogens is 538 g/mol. The summed E-state index contributed by atoms with van der Waals surface area (Å²) in [6, 6.07) is 6.70. The summed E-state index contributed by atoms with van der Waals surface area (Å²) >= 11 is 7.02. The number of nitrogens with one attached hydrogen (secondary N) is 2. The summed E-state index contributed by atoms with van der Waals surface area (Å²) in [5.41, 5.74) is 0.962. The number of rotatable bonds is 8. The molecule has 0 unspecified atom stereocenters. The third kappa shape index (κ3) is 6.32. The van der Waals surface area contributed by atoms with Crippen LogP contribution < -0.4 is 14.9 Å². The molecule has 37 heavy (non-hydrogen) atoms. The molecule has 0 saturated carbocycles. The Balaban J connectivity index is 1.57. The van der Waals surface area contributed by atoms with Gasteiger partial charge in [-0.15, -0.1) is 11.3 Å². The number of hydrogen-bond donors (Lipinski definition) is 2. The number of carbonyl (C=O) groups excluding carboxylic acids is 3. The van der Waals surface area contributed by atoms with Gasteiger partial charge in [-0.1, -0.05) is 17.7 Å². The van der Waals surface area contributed by atoms with E-state index in [1.165, 1.54) is 6.07 Å². The number of sulfonamides is 1. The van der Waals surface area contributed by atoms with Gasteiger partial charge in [0.2, 0.25) is 21.8 Å². The molecule has 1 aromatic heterocycles. The number of piperazine rings is 1. The van der Waals surface area contributed by atoms with Crippen molar-refractivity contribution in [2.75, 3.05) is 51.2 Å². The summed E-state index contributed by atoms with van der Waals surface area (Å²) in [6.07, 6.45) is 1.13. The average molecular weight is 568 g/mol. The molecule has 0 bridgehead atoms. The highest BCUT2D eigenvalue weighted by Crippen LogP contribution is 2.29. The van der Waals surface area contributed by atoms with Crippen LogP contribution in [0.5, 0.6) is 0 Å². The standard InChI is InChI=1S/C24H30ClN5O5S2/c1-16-18(30-10-4-7-22(30)31)5-3-6-20(16)37(34,35)27-17(24(33)29-13-11-28(2)12-14-29)15-26-23(32)19-8-9-21(25)36-19/h3,5-6,8-9,17,27H,4,7,10-15H2,1-2H3,(H,26,32)/t17-/m0/s1. The van der Waals surface area contributed by atoms with E-state index >= 15 is 0 Å². The molecule has 2 saturated heterocycles. The molecule has 2 aliphatic heterocycles. The highest BCUT2D eigenvalue weighted by atomic mass is 35.5. The fourth-order valence-electron chi connectivity index (χ4n) is 4.48. The Morgan fingerprint density at radius 3 is 2.46 bits per heavy atom. The molecule has 2 N–H and O–H groups in total. The molecule has 2 aliphatic rings. The molecule has 0 spiro atoms. The number of carbonyl (C=O) groups is 3. The number of nitrogens with zero attached hydrogens (tertiary/aromatic N) is 3. The van der Waals surface area contributed by atoms with E-state index in [4.69, 9.17) is 11.6 Å². The van der Waals surface area contributed by atoms with Crippen molar-refractivity contribution >= 4 is 56.4 Å². The number of benzene rings is 1. The van der Waals surface area contributed by atoms with Gasteiger partial charge in [0.05, 0.1) is 14.1 Å². The highest BCUT2D eigenvalue weighted by Gasteiger charge is 2.33. The van der Waals surface area contributed by atoms with Gasteiger partial charge in [-0.25, -0.2) is 8.42 Å². The van der Waals surface area contributed by atoms with Gasteiger partial charge in [0.15, 0.2) is 0 Å². The van der Waals surface area contributed by atoms with Crippen LogP contribution in [0.25, 0.3) is 0 Å². The van der Waals surface area contributed by atoms with Gasteiger partial charge in [0.25, 0.3) is 5.91 Å². The van der Waals surface area contributed by atoms with Crippen molar-refractivity contribution in [2.24, 2.45) is 0 Å². The van der Waals surface area contributed by atoms with Gasteiger partial charge in [-0.2, -0.15) is 4.72 Å². The van der Waals surface area contributed by atoms with E-state index in [-0.39, 0.29) is 17.3 Å². The summed E-state index contributed by atoms with van der Waals surface area (Å²) in [6.45, 7) is 4.17. The van der Waals surface area contributed by atoms with Crippen molar-refractivity contribution in [3.63, 3.8) is 0 Å². The van der Waals surface area contributed by atoms with Crippen molar-refractivity contribution in [1.82, 2.24) is 19.8 Å². The van der Waals surface area contributed by atoms with Crippen molar-refractivity contribution in [3.05, 3.63) is 45.1 Å². The maximum Gasteiger partial charge on any atom is 0.261 e. The summed E-state index contributed by atoms with van der Waals surface area (Å²) in [5.74, 6) is -0.909. The number of halogens is 1. The minimum Gasteiger partial charge on any atom is -0.349 e. The topological polar surface area (TPSA) is 119 Å². The van der Waals surface area contributed by atoms with Crippen LogP contribution in [0, 0.1) is 6.92 Å². The van der Waals surface area contributed by atoms with E-state index in [1.807, 2.05) is 7.05 Å². The lowest BCUT2D eigenvalue weighted by Crippen LogP contribution is -2.57. The van der Waals surface area contributed by atoms with Gasteiger partial charge < -0.3 is 20.0 Å². The molecule has 2 fully saturated rings. The predicted molar refractivity (Wildman–Crippen MR) is 143 cm³/mol. The maximum absolute atomic E-state index is 13.5. The number of thiophene rings is 1. The Morgan fingerprint density at radius 2 is 1.84 bits per heavy atom. The molecule has 1 aromatic carbocycles. The van der Waals surface area contributed by atoms with Crippen molar-refractivity contribution in [2.45, 2.75) is 30.7 Å². The van der Waals surface area contributed by atoms with Crippen LogP contribution in [0.4, 0.5) is 5.69 Å². The van der Waals surface area contributed by atoms with E-state index in [0.717, 1.165) is 11.3 Å². The van der Waals surface area contributed by atoms with E-state index in [9.17, 15) is 22.8 Å². The zero-order valence-electron chi connectivity index (χ0n) is 20.7. The average Bonchev–Trinajstić information content (AvgIpc) is 3.49. The maximum atomic E-state index is 13.5. The SMILES string of the molecule is Cc1c(N2CCCC2=O)cccc1S(=O)(=O)N[C@@H](CNC(=O)c1ccc(Cl)s1)C(=O)N1CCN(C)CC1. The third-order valence-corrected chi connectivity index (χ3v) is 9.43. The van der Waals surface area contributed by atoms with Crippen LogP contribution in [-0.4, -0.2) is 88.3 Å². The monoisotopic (exact) mass is 567 g/mol. The third-order valence-electron chi connectivity index (χ3n) is 6.58. The zero-order chi connectivity index (χ0) is 26.7. The first-order valence-corrected chi connectivity index (χ1v) is 14.7. The van der Waals surface area contributed by atoms with E-state index in [2.05, 4.69) is 14.9 Å². The smallest absolute Gasteiger partial charge is 0.261 e. The Bertz CT molecular complexity index is 1290. The number of anilines is 1. The Kier molecular flexibility index (Phi) is 8.54. The van der Waals surface area contributed by atoms with Gasteiger partial charge in [0.1, 0.15) is 6.04 Å². The molecule has 4 rings (SSSR count). The highest BCUT2D eigenvalue weighted by molar-refractivity contribution is 7.89. The lowest BCUT2D eigenvalue weighted by molar-refractivity contribution is -0.134. The van der Waals surface area contributed by atoms with Gasteiger partial charge in [-0.3, -0.25) is 14.4 Å². The van der Waals surface area contributed by atoms with Gasteiger partial charge >= 0.3 is 0 Å². The molecule has 0 radical (unpaired) electrons. The quantitative estimate of drug-likeness (QED) is 0.501. The van der Waals surface area contributed by atoms with E-state index < -0.39 is 27.9 Å². The Morgan fingerprint density at radius 1 is 1.11 bits per heavy atom. The lowest BCUT2D eigenvalue weighted by Gasteiger charge is -2.34. The van der Waals surface area contributed by atoms with Crippen LogP contribution in [-0.2, 0) is 19.6 Å². The number of likely N-dealkylation sites (N-methyl/N-ethyl adjacent to an activating group) is 1. The van der Waals surface area contributed by atoms with Gasteiger partial charge in [0, 0.05) is 51.4 Å². The largest absolute Gasteiger partial charge is 0.349 e. The summed E-state index contributed by atoms with van der Waals surface area (Å²) < 4.78 is 30.1. The first-order chi connectivity index (χ1) is 17.6. The summed E-state index contributed by atoms with van der Waals surface area (Å²) in [4.78, 5) is 43.9. The minimum atomic E-state index is -4.18. The Labute approximate surface area is 225 Å². The second kappa shape index (κ2) is 11.5. The lowest BCUT2D eigenvalue weighted by atomic mass is 10.2. The molecule has 1 atom stereocenters. The normalized spacial score (nSPS) is 17.8. The van der Waals surface area contributed by atoms with Crippen molar-refractivity contribution in [1.29, 1.82) is 0 Å². The van der Waals surface area contributed by atoms with Gasteiger partial charge in [-0.05, 0) is 50.2 Å². The minimum absolute atomic E-state index is 0.0164. The summed E-state index contributed by atoms with van der Waals surface area (Å²) in [7, 11) is -2.22. The van der Waals surface area contributed by atoms with Crippen molar-refractivity contribution < 1.29 is 22.8 Å².